The molecule has 0 saturated heterocycles. The number of nitrogens with zero attached hydrogens (tertiary/aromatic N) is 1. The molecule has 0 atom stereocenters. The zero-order valence-corrected chi connectivity index (χ0v) is 14.8. The number of carbonyl (C=O) groups is 1. The van der Waals surface area contributed by atoms with E-state index in [0.717, 1.165) is 25.7 Å². The smallest absolute Gasteiger partial charge is 0.263 e. The van der Waals surface area contributed by atoms with Gasteiger partial charge in [0.05, 0.1) is 4.90 Å². The maximum Gasteiger partial charge on any atom is 0.263 e. The van der Waals surface area contributed by atoms with Gasteiger partial charge in [-0.05, 0) is 50.7 Å². The van der Waals surface area contributed by atoms with E-state index in [1.54, 1.807) is 18.2 Å². The Morgan fingerprint density at radius 3 is 2.71 bits per heavy atom. The van der Waals surface area contributed by atoms with E-state index < -0.39 is 10.0 Å². The highest BCUT2D eigenvalue weighted by molar-refractivity contribution is 7.90. The van der Waals surface area contributed by atoms with Crippen molar-refractivity contribution in [3.05, 3.63) is 29.8 Å². The van der Waals surface area contributed by atoms with E-state index in [1.807, 2.05) is 0 Å². The van der Waals surface area contributed by atoms with Crippen LogP contribution in [0.15, 0.2) is 34.2 Å². The lowest BCUT2D eigenvalue weighted by atomic mass is 9.78. The van der Waals surface area contributed by atoms with Gasteiger partial charge in [-0.25, -0.2) is 8.42 Å². The maximum atomic E-state index is 12.2. The van der Waals surface area contributed by atoms with Gasteiger partial charge >= 0.3 is 0 Å². The Kier molecular flexibility index (Phi) is 4.38. The molecule has 0 spiro atoms. The molecule has 2 N–H and O–H groups in total. The van der Waals surface area contributed by atoms with Gasteiger partial charge in [0.25, 0.3) is 10.0 Å². The molecule has 0 bridgehead atoms. The lowest BCUT2D eigenvalue weighted by Crippen LogP contribution is -2.49. The molecule has 0 aromatic heterocycles. The van der Waals surface area contributed by atoms with Crippen molar-refractivity contribution >= 4 is 21.8 Å². The molecule has 6 nitrogen and oxygen atoms in total. The lowest BCUT2D eigenvalue weighted by Gasteiger charge is -2.37. The first-order valence-electron chi connectivity index (χ1n) is 8.27. The Morgan fingerprint density at radius 2 is 2.00 bits per heavy atom. The van der Waals surface area contributed by atoms with E-state index >= 15 is 0 Å². The van der Waals surface area contributed by atoms with E-state index in [2.05, 4.69) is 28.9 Å². The predicted octanol–water partition coefficient (Wildman–Crippen LogP) is 1.81. The SMILES string of the molecule is CC1CCC(C)(NC(=O)CN=C2NS(=O)(=O)c3ccccc32)CC1. The van der Waals surface area contributed by atoms with Crippen LogP contribution in [0.25, 0.3) is 0 Å². The number of amidine groups is 1. The van der Waals surface area contributed by atoms with Crippen LogP contribution in [0.3, 0.4) is 0 Å². The van der Waals surface area contributed by atoms with Crippen LogP contribution in [0, 0.1) is 5.92 Å². The van der Waals surface area contributed by atoms with Gasteiger partial charge in [-0.1, -0.05) is 19.1 Å². The first kappa shape index (κ1) is 17.0. The van der Waals surface area contributed by atoms with Crippen molar-refractivity contribution < 1.29 is 13.2 Å². The molecule has 1 aliphatic heterocycles. The summed E-state index contributed by atoms with van der Waals surface area (Å²) in [5.41, 5.74) is 0.333. The summed E-state index contributed by atoms with van der Waals surface area (Å²) in [4.78, 5) is 16.6. The molecule has 1 fully saturated rings. The van der Waals surface area contributed by atoms with Crippen molar-refractivity contribution in [1.29, 1.82) is 0 Å². The summed E-state index contributed by atoms with van der Waals surface area (Å²) in [6.07, 6.45) is 4.15. The average molecular weight is 349 g/mol. The molecule has 1 aliphatic carbocycles. The molecule has 1 aromatic carbocycles. The number of sulfonamides is 1. The van der Waals surface area contributed by atoms with Crippen LogP contribution in [-0.4, -0.2) is 32.2 Å². The van der Waals surface area contributed by atoms with Crippen LogP contribution >= 0.6 is 0 Å². The standard InChI is InChI=1S/C17H23N3O3S/c1-12-7-9-17(2,10-8-12)19-15(21)11-18-16-13-5-3-4-6-14(13)24(22,23)20-16/h3-6,12H,7-11H2,1-2H3,(H,18,20)(H,19,21). The fraction of sp³-hybridized carbons (Fsp3) is 0.529. The molecular weight excluding hydrogens is 326 g/mol. The number of benzene rings is 1. The van der Waals surface area contributed by atoms with Crippen molar-refractivity contribution in [2.45, 2.75) is 50.0 Å². The molecule has 1 heterocycles. The number of aliphatic imine (C=N–C) groups is 1. The van der Waals surface area contributed by atoms with Crippen LogP contribution in [0.5, 0.6) is 0 Å². The quantitative estimate of drug-likeness (QED) is 0.872. The highest BCUT2D eigenvalue weighted by Crippen LogP contribution is 2.31. The van der Waals surface area contributed by atoms with E-state index in [-0.39, 0.29) is 28.7 Å². The number of fused-ring (bicyclic) bond motifs is 1. The van der Waals surface area contributed by atoms with E-state index in [4.69, 9.17) is 0 Å². The Hall–Kier alpha value is -1.89. The third kappa shape index (κ3) is 3.45. The normalized spacial score (nSPS) is 29.8. The Labute approximate surface area is 142 Å². The molecule has 7 heteroatoms. The molecule has 24 heavy (non-hydrogen) atoms. The van der Waals surface area contributed by atoms with Gasteiger partial charge in [0.2, 0.25) is 5.91 Å². The van der Waals surface area contributed by atoms with Crippen molar-refractivity contribution in [2.24, 2.45) is 10.9 Å². The van der Waals surface area contributed by atoms with E-state index in [1.165, 1.54) is 6.07 Å². The van der Waals surface area contributed by atoms with Crippen LogP contribution in [0.1, 0.15) is 45.1 Å². The van der Waals surface area contributed by atoms with Crippen LogP contribution in [-0.2, 0) is 14.8 Å². The van der Waals surface area contributed by atoms with Gasteiger partial charge in [-0.3, -0.25) is 14.5 Å². The van der Waals surface area contributed by atoms with Crippen LogP contribution in [0.2, 0.25) is 0 Å². The van der Waals surface area contributed by atoms with Crippen molar-refractivity contribution in [1.82, 2.24) is 10.0 Å². The summed E-state index contributed by atoms with van der Waals surface area (Å²) in [5.74, 6) is 0.769. The third-order valence-electron chi connectivity index (χ3n) is 4.86. The molecule has 130 valence electrons. The monoisotopic (exact) mass is 349 g/mol. The number of carbonyl (C=O) groups excluding carboxylic acids is 1. The maximum absolute atomic E-state index is 12.2. The minimum atomic E-state index is -3.56. The van der Waals surface area contributed by atoms with Gasteiger partial charge in [0.15, 0.2) is 0 Å². The van der Waals surface area contributed by atoms with Crippen molar-refractivity contribution in [2.75, 3.05) is 6.54 Å². The second-order valence-electron chi connectivity index (χ2n) is 7.06. The number of nitrogens with one attached hydrogen (secondary N) is 2. The summed E-state index contributed by atoms with van der Waals surface area (Å²) in [5, 5.41) is 3.06. The third-order valence-corrected chi connectivity index (χ3v) is 6.26. The topological polar surface area (TPSA) is 87.6 Å². The molecule has 0 unspecified atom stereocenters. The number of hydrogen-bond donors (Lipinski definition) is 2. The minimum Gasteiger partial charge on any atom is -0.349 e. The van der Waals surface area contributed by atoms with Gasteiger partial charge in [0.1, 0.15) is 12.4 Å². The van der Waals surface area contributed by atoms with E-state index in [0.29, 0.717) is 11.5 Å². The molecule has 1 aromatic rings. The Morgan fingerprint density at radius 1 is 1.33 bits per heavy atom. The summed E-state index contributed by atoms with van der Waals surface area (Å²) in [6.45, 7) is 4.21. The lowest BCUT2D eigenvalue weighted by molar-refractivity contribution is -0.121. The number of rotatable bonds is 3. The fourth-order valence-electron chi connectivity index (χ4n) is 3.30. The Bertz CT molecular complexity index is 778. The summed E-state index contributed by atoms with van der Waals surface area (Å²) in [7, 11) is -3.56. The Balaban J connectivity index is 1.67. The first-order chi connectivity index (χ1) is 11.3. The summed E-state index contributed by atoms with van der Waals surface area (Å²) in [6, 6.07) is 6.64. The predicted molar refractivity (Wildman–Crippen MR) is 92.3 cm³/mol. The van der Waals surface area contributed by atoms with Gasteiger partial charge in [-0.15, -0.1) is 0 Å². The van der Waals surface area contributed by atoms with Gasteiger partial charge in [0, 0.05) is 11.1 Å². The molecule has 1 amide bonds. The second-order valence-corrected chi connectivity index (χ2v) is 8.71. The first-order valence-corrected chi connectivity index (χ1v) is 9.75. The van der Waals surface area contributed by atoms with Gasteiger partial charge in [-0.2, -0.15) is 0 Å². The fourth-order valence-corrected chi connectivity index (χ4v) is 4.55. The summed E-state index contributed by atoms with van der Waals surface area (Å²) >= 11 is 0. The zero-order chi connectivity index (χ0) is 17.4. The molecule has 3 rings (SSSR count). The van der Waals surface area contributed by atoms with Crippen LogP contribution in [0.4, 0.5) is 0 Å². The number of hydrogen-bond acceptors (Lipinski definition) is 4. The largest absolute Gasteiger partial charge is 0.349 e. The molecule has 2 aliphatic rings. The van der Waals surface area contributed by atoms with Gasteiger partial charge < -0.3 is 5.32 Å². The van der Waals surface area contributed by atoms with E-state index in [9.17, 15) is 13.2 Å². The van der Waals surface area contributed by atoms with Crippen molar-refractivity contribution in [3.63, 3.8) is 0 Å². The highest BCUT2D eigenvalue weighted by Gasteiger charge is 2.32. The molecule has 0 radical (unpaired) electrons. The zero-order valence-electron chi connectivity index (χ0n) is 14.0. The average Bonchev–Trinajstić information content (AvgIpc) is 2.80. The molecule has 1 saturated carbocycles. The van der Waals surface area contributed by atoms with Crippen molar-refractivity contribution in [3.8, 4) is 0 Å². The minimum absolute atomic E-state index is 0.0860. The summed E-state index contributed by atoms with van der Waals surface area (Å²) < 4.78 is 26.4. The van der Waals surface area contributed by atoms with Crippen LogP contribution < -0.4 is 10.0 Å². The second kappa shape index (κ2) is 6.20. The highest BCUT2D eigenvalue weighted by atomic mass is 32.2. The number of amides is 1. The molecular formula is C17H23N3O3S.